The minimum Gasteiger partial charge on any atom is -0.299 e. The first-order chi connectivity index (χ1) is 6.19. The highest BCUT2D eigenvalue weighted by Crippen LogP contribution is 2.37. The van der Waals surface area contributed by atoms with Crippen LogP contribution in [0, 0.1) is 5.41 Å². The van der Waals surface area contributed by atoms with E-state index in [9.17, 15) is 4.79 Å². The summed E-state index contributed by atoms with van der Waals surface area (Å²) in [5.41, 5.74) is 0.0490. The van der Waals surface area contributed by atoms with Crippen molar-refractivity contribution in [3.63, 3.8) is 0 Å². The van der Waals surface area contributed by atoms with Crippen LogP contribution in [0.5, 0.6) is 0 Å². The summed E-state index contributed by atoms with van der Waals surface area (Å²) >= 11 is 0. The second kappa shape index (κ2) is 4.78. The molecule has 0 radical (unpaired) electrons. The van der Waals surface area contributed by atoms with Crippen molar-refractivity contribution in [2.75, 3.05) is 0 Å². The van der Waals surface area contributed by atoms with E-state index in [1.165, 1.54) is 25.7 Å². The van der Waals surface area contributed by atoms with E-state index in [0.29, 0.717) is 5.78 Å². The van der Waals surface area contributed by atoms with E-state index < -0.39 is 0 Å². The van der Waals surface area contributed by atoms with Crippen LogP contribution in [0.25, 0.3) is 0 Å². The van der Waals surface area contributed by atoms with Crippen molar-refractivity contribution in [3.05, 3.63) is 0 Å². The van der Waals surface area contributed by atoms with Gasteiger partial charge in [-0.25, -0.2) is 0 Å². The predicted octanol–water partition coefficient (Wildman–Crippen LogP) is 3.72. The minimum atomic E-state index is 0.0490. The molecule has 0 spiro atoms. The maximum Gasteiger partial charge on any atom is 0.138 e. The Bertz CT molecular complexity index is 174. The molecule has 0 saturated heterocycles. The first-order valence-corrected chi connectivity index (χ1v) is 5.72. The van der Waals surface area contributed by atoms with Crippen molar-refractivity contribution < 1.29 is 4.79 Å². The predicted molar refractivity (Wildman–Crippen MR) is 55.7 cm³/mol. The summed E-state index contributed by atoms with van der Waals surface area (Å²) < 4.78 is 0. The lowest BCUT2D eigenvalue weighted by Crippen LogP contribution is -2.30. The summed E-state index contributed by atoms with van der Waals surface area (Å²) in [7, 11) is 0. The van der Waals surface area contributed by atoms with Crippen molar-refractivity contribution in [1.82, 2.24) is 0 Å². The highest BCUT2D eigenvalue weighted by molar-refractivity contribution is 5.85. The third kappa shape index (κ3) is 2.82. The molecular weight excluding hydrogens is 160 g/mol. The Kier molecular flexibility index (Phi) is 3.95. The molecular formula is C12H22O. The highest BCUT2D eigenvalue weighted by Gasteiger charge is 2.33. The molecule has 1 fully saturated rings. The van der Waals surface area contributed by atoms with E-state index in [2.05, 4.69) is 13.8 Å². The second-order valence-corrected chi connectivity index (χ2v) is 4.65. The Morgan fingerprint density at radius 1 is 1.31 bits per heavy atom. The molecule has 0 amide bonds. The van der Waals surface area contributed by atoms with Gasteiger partial charge in [0.05, 0.1) is 0 Å². The number of hydrogen-bond acceptors (Lipinski definition) is 1. The van der Waals surface area contributed by atoms with E-state index in [4.69, 9.17) is 0 Å². The van der Waals surface area contributed by atoms with Crippen LogP contribution < -0.4 is 0 Å². The fraction of sp³-hybridized carbons (Fsp3) is 0.917. The average molecular weight is 182 g/mol. The Labute approximate surface area is 81.9 Å². The van der Waals surface area contributed by atoms with Crippen LogP contribution in [0.1, 0.15) is 65.2 Å². The summed E-state index contributed by atoms with van der Waals surface area (Å²) in [6, 6.07) is 0. The average Bonchev–Trinajstić information content (AvgIpc) is 2.11. The number of carbonyl (C=O) groups is 1. The Morgan fingerprint density at radius 2 is 2.08 bits per heavy atom. The summed E-state index contributed by atoms with van der Waals surface area (Å²) in [5, 5.41) is 0. The Morgan fingerprint density at radius 3 is 2.69 bits per heavy atom. The van der Waals surface area contributed by atoms with Crippen LogP contribution in [0.2, 0.25) is 0 Å². The molecule has 0 N–H and O–H groups in total. The molecule has 1 aliphatic carbocycles. The van der Waals surface area contributed by atoms with Gasteiger partial charge in [0.1, 0.15) is 5.78 Å². The molecule has 0 aromatic heterocycles. The normalized spacial score (nSPS) is 29.2. The Balaban J connectivity index is 2.38. The van der Waals surface area contributed by atoms with Gasteiger partial charge in [-0.3, -0.25) is 4.79 Å². The fourth-order valence-corrected chi connectivity index (χ4v) is 2.27. The van der Waals surface area contributed by atoms with Gasteiger partial charge in [0, 0.05) is 11.8 Å². The Hall–Kier alpha value is -0.330. The van der Waals surface area contributed by atoms with Crippen molar-refractivity contribution in [3.8, 4) is 0 Å². The van der Waals surface area contributed by atoms with E-state index in [-0.39, 0.29) is 5.41 Å². The molecule has 0 aromatic rings. The largest absolute Gasteiger partial charge is 0.299 e. The van der Waals surface area contributed by atoms with Crippen molar-refractivity contribution >= 4 is 5.78 Å². The number of hydrogen-bond donors (Lipinski definition) is 0. The van der Waals surface area contributed by atoms with Crippen LogP contribution in [0.4, 0.5) is 0 Å². The summed E-state index contributed by atoms with van der Waals surface area (Å²) in [4.78, 5) is 11.7. The quantitative estimate of drug-likeness (QED) is 0.606. The lowest BCUT2D eigenvalue weighted by atomic mass is 9.71. The van der Waals surface area contributed by atoms with Gasteiger partial charge >= 0.3 is 0 Å². The molecule has 1 aliphatic rings. The molecule has 0 bridgehead atoms. The van der Waals surface area contributed by atoms with Crippen molar-refractivity contribution in [1.29, 1.82) is 0 Å². The molecule has 0 aliphatic heterocycles. The number of rotatable bonds is 4. The van der Waals surface area contributed by atoms with Gasteiger partial charge in [-0.2, -0.15) is 0 Å². The van der Waals surface area contributed by atoms with E-state index in [1.54, 1.807) is 0 Å². The topological polar surface area (TPSA) is 17.1 Å². The molecule has 76 valence electrons. The molecule has 1 atom stereocenters. The standard InChI is InChI=1S/C12H22O/c1-3-4-6-9-12(2)10-7-5-8-11(12)13/h3-10H2,1-2H3. The first kappa shape index (κ1) is 10.7. The third-order valence-electron chi connectivity index (χ3n) is 3.39. The highest BCUT2D eigenvalue weighted by atomic mass is 16.1. The van der Waals surface area contributed by atoms with Gasteiger partial charge in [0.2, 0.25) is 0 Å². The first-order valence-electron chi connectivity index (χ1n) is 5.72. The van der Waals surface area contributed by atoms with E-state index in [0.717, 1.165) is 25.7 Å². The van der Waals surface area contributed by atoms with Crippen LogP contribution in [-0.2, 0) is 4.79 Å². The zero-order chi connectivity index (χ0) is 9.73. The van der Waals surface area contributed by atoms with Crippen LogP contribution >= 0.6 is 0 Å². The SMILES string of the molecule is CCCCCC1(C)CCCCC1=O. The van der Waals surface area contributed by atoms with Gasteiger partial charge in [-0.05, 0) is 19.3 Å². The van der Waals surface area contributed by atoms with Gasteiger partial charge in [-0.15, -0.1) is 0 Å². The monoisotopic (exact) mass is 182 g/mol. The number of unbranched alkanes of at least 4 members (excludes halogenated alkanes) is 2. The number of Topliss-reactive ketones (excluding diaryl/α,β-unsaturated/α-hetero) is 1. The maximum atomic E-state index is 11.7. The molecule has 1 nitrogen and oxygen atoms in total. The zero-order valence-corrected chi connectivity index (χ0v) is 9.07. The molecule has 0 aromatic carbocycles. The second-order valence-electron chi connectivity index (χ2n) is 4.65. The summed E-state index contributed by atoms with van der Waals surface area (Å²) in [6.07, 6.45) is 9.25. The van der Waals surface area contributed by atoms with Crippen LogP contribution in [0.15, 0.2) is 0 Å². The molecule has 1 rings (SSSR count). The lowest BCUT2D eigenvalue weighted by molar-refractivity contribution is -0.130. The zero-order valence-electron chi connectivity index (χ0n) is 9.07. The number of carbonyl (C=O) groups excluding carboxylic acids is 1. The van der Waals surface area contributed by atoms with E-state index >= 15 is 0 Å². The minimum absolute atomic E-state index is 0.0490. The molecule has 1 unspecified atom stereocenters. The van der Waals surface area contributed by atoms with Crippen molar-refractivity contribution in [2.45, 2.75) is 65.2 Å². The third-order valence-corrected chi connectivity index (χ3v) is 3.39. The van der Waals surface area contributed by atoms with Gasteiger partial charge in [-0.1, -0.05) is 39.5 Å². The summed E-state index contributed by atoms with van der Waals surface area (Å²) in [5.74, 6) is 0.523. The fourth-order valence-electron chi connectivity index (χ4n) is 2.27. The summed E-state index contributed by atoms with van der Waals surface area (Å²) in [6.45, 7) is 4.38. The molecule has 0 heterocycles. The molecule has 13 heavy (non-hydrogen) atoms. The van der Waals surface area contributed by atoms with Gasteiger partial charge in [0.25, 0.3) is 0 Å². The van der Waals surface area contributed by atoms with E-state index in [1.807, 2.05) is 0 Å². The van der Waals surface area contributed by atoms with Crippen LogP contribution in [-0.4, -0.2) is 5.78 Å². The van der Waals surface area contributed by atoms with Gasteiger partial charge < -0.3 is 0 Å². The lowest BCUT2D eigenvalue weighted by Gasteiger charge is -2.31. The smallest absolute Gasteiger partial charge is 0.138 e. The van der Waals surface area contributed by atoms with Crippen LogP contribution in [0.3, 0.4) is 0 Å². The molecule has 1 heteroatoms. The maximum absolute atomic E-state index is 11.7. The number of ketones is 1. The molecule has 1 saturated carbocycles. The van der Waals surface area contributed by atoms with Gasteiger partial charge in [0.15, 0.2) is 0 Å². The van der Waals surface area contributed by atoms with Crippen molar-refractivity contribution in [2.24, 2.45) is 5.41 Å².